The molecule has 17 heavy (non-hydrogen) atoms. The minimum Gasteiger partial charge on any atom is -0.497 e. The number of fused-ring (bicyclic) bond motifs is 1. The van der Waals surface area contributed by atoms with Crippen LogP contribution in [0.2, 0.25) is 0 Å². The fraction of sp³-hybridized carbons (Fsp3) is 0.571. The van der Waals surface area contributed by atoms with Crippen LogP contribution in [0, 0.1) is 0 Å². The Morgan fingerprint density at radius 3 is 2.88 bits per heavy atom. The summed E-state index contributed by atoms with van der Waals surface area (Å²) in [6.45, 7) is 6.17. The first-order valence-corrected chi connectivity index (χ1v) is 6.33. The monoisotopic (exact) mass is 234 g/mol. The van der Waals surface area contributed by atoms with Crippen LogP contribution >= 0.6 is 0 Å². The second-order valence-corrected chi connectivity index (χ2v) is 4.75. The van der Waals surface area contributed by atoms with Gasteiger partial charge in [-0.25, -0.2) is 0 Å². The van der Waals surface area contributed by atoms with E-state index in [0.29, 0.717) is 18.6 Å². The molecule has 1 heterocycles. The van der Waals surface area contributed by atoms with Crippen LogP contribution in [0.4, 0.5) is 0 Å². The molecule has 1 aromatic rings. The van der Waals surface area contributed by atoms with Crippen LogP contribution in [0.25, 0.3) is 0 Å². The Labute approximate surface area is 104 Å². The average Bonchev–Trinajstić information content (AvgIpc) is 2.74. The van der Waals surface area contributed by atoms with E-state index in [-0.39, 0.29) is 0 Å². The number of rotatable bonds is 4. The molecule has 0 aromatic heterocycles. The number of nitrogens with two attached hydrogens (primary N) is 1. The number of hydrogen-bond donors (Lipinski definition) is 1. The van der Waals surface area contributed by atoms with Gasteiger partial charge in [0.15, 0.2) is 0 Å². The Balaban J connectivity index is 2.32. The van der Waals surface area contributed by atoms with Crippen molar-refractivity contribution < 1.29 is 4.74 Å². The summed E-state index contributed by atoms with van der Waals surface area (Å²) in [4.78, 5) is 2.49. The molecular weight excluding hydrogens is 212 g/mol. The second kappa shape index (κ2) is 5.07. The highest BCUT2D eigenvalue weighted by atomic mass is 16.5. The Kier molecular flexibility index (Phi) is 3.69. The molecule has 2 rings (SSSR count). The van der Waals surface area contributed by atoms with Gasteiger partial charge in [-0.15, -0.1) is 0 Å². The molecule has 0 aliphatic carbocycles. The molecule has 3 nitrogen and oxygen atoms in total. The maximum Gasteiger partial charge on any atom is 0.119 e. The topological polar surface area (TPSA) is 38.5 Å². The molecule has 0 fully saturated rings. The van der Waals surface area contributed by atoms with Gasteiger partial charge in [0.2, 0.25) is 0 Å². The second-order valence-electron chi connectivity index (χ2n) is 4.75. The third-order valence-corrected chi connectivity index (χ3v) is 3.85. The van der Waals surface area contributed by atoms with Crippen molar-refractivity contribution in [1.29, 1.82) is 0 Å². The predicted octanol–water partition coefficient (Wildman–Crippen LogP) is 2.31. The standard InChI is InChI=1S/C14H22N2O/c1-4-10(2)16-9-11-5-6-12(17-3)7-13(11)14(16)8-15/h5-7,10,14H,4,8-9,15H2,1-3H3. The molecule has 94 valence electrons. The first-order valence-electron chi connectivity index (χ1n) is 6.33. The van der Waals surface area contributed by atoms with Crippen molar-refractivity contribution in [3.8, 4) is 5.75 Å². The van der Waals surface area contributed by atoms with Crippen LogP contribution in [-0.4, -0.2) is 24.6 Å². The first-order chi connectivity index (χ1) is 8.21. The van der Waals surface area contributed by atoms with Gasteiger partial charge in [0, 0.05) is 25.2 Å². The minimum atomic E-state index is 0.343. The summed E-state index contributed by atoms with van der Waals surface area (Å²) in [6, 6.07) is 7.25. The van der Waals surface area contributed by atoms with Gasteiger partial charge >= 0.3 is 0 Å². The lowest BCUT2D eigenvalue weighted by atomic mass is 10.0. The van der Waals surface area contributed by atoms with E-state index in [1.165, 1.54) is 11.1 Å². The SMILES string of the molecule is CCC(C)N1Cc2ccc(OC)cc2C1CN. The van der Waals surface area contributed by atoms with Crippen LogP contribution < -0.4 is 10.5 Å². The largest absolute Gasteiger partial charge is 0.497 e. The van der Waals surface area contributed by atoms with Crippen molar-refractivity contribution in [1.82, 2.24) is 4.90 Å². The summed E-state index contributed by atoms with van der Waals surface area (Å²) in [5.74, 6) is 0.924. The van der Waals surface area contributed by atoms with E-state index in [2.05, 4.69) is 30.9 Å². The van der Waals surface area contributed by atoms with E-state index >= 15 is 0 Å². The van der Waals surface area contributed by atoms with E-state index in [4.69, 9.17) is 10.5 Å². The number of hydrogen-bond acceptors (Lipinski definition) is 3. The molecule has 2 atom stereocenters. The van der Waals surface area contributed by atoms with Crippen LogP contribution in [0.15, 0.2) is 18.2 Å². The van der Waals surface area contributed by atoms with Crippen molar-refractivity contribution in [2.75, 3.05) is 13.7 Å². The zero-order valence-corrected chi connectivity index (χ0v) is 10.9. The molecule has 2 N–H and O–H groups in total. The highest BCUT2D eigenvalue weighted by Gasteiger charge is 2.31. The Bertz CT molecular complexity index is 392. The number of benzene rings is 1. The highest BCUT2D eigenvalue weighted by molar-refractivity contribution is 5.40. The van der Waals surface area contributed by atoms with Gasteiger partial charge in [-0.1, -0.05) is 13.0 Å². The maximum atomic E-state index is 5.94. The molecule has 1 aliphatic rings. The molecule has 0 saturated carbocycles. The van der Waals surface area contributed by atoms with Crippen molar-refractivity contribution in [3.63, 3.8) is 0 Å². The molecule has 1 aromatic carbocycles. The van der Waals surface area contributed by atoms with Crippen LogP contribution in [0.1, 0.15) is 37.4 Å². The fourth-order valence-electron chi connectivity index (χ4n) is 2.60. The van der Waals surface area contributed by atoms with E-state index in [1.54, 1.807) is 7.11 Å². The van der Waals surface area contributed by atoms with Crippen LogP contribution in [0.3, 0.4) is 0 Å². The third-order valence-electron chi connectivity index (χ3n) is 3.85. The zero-order valence-electron chi connectivity index (χ0n) is 10.9. The van der Waals surface area contributed by atoms with Gasteiger partial charge < -0.3 is 10.5 Å². The van der Waals surface area contributed by atoms with E-state index in [1.807, 2.05) is 6.07 Å². The number of methoxy groups -OCH3 is 1. The van der Waals surface area contributed by atoms with Gasteiger partial charge in [0.1, 0.15) is 5.75 Å². The minimum absolute atomic E-state index is 0.343. The fourth-order valence-corrected chi connectivity index (χ4v) is 2.60. The average molecular weight is 234 g/mol. The van der Waals surface area contributed by atoms with Gasteiger partial charge in [0.25, 0.3) is 0 Å². The lowest BCUT2D eigenvalue weighted by Gasteiger charge is -2.29. The van der Waals surface area contributed by atoms with E-state index in [0.717, 1.165) is 18.7 Å². The van der Waals surface area contributed by atoms with E-state index in [9.17, 15) is 0 Å². The lowest BCUT2D eigenvalue weighted by molar-refractivity contribution is 0.157. The summed E-state index contributed by atoms with van der Waals surface area (Å²) < 4.78 is 5.29. The molecule has 3 heteroatoms. The Hall–Kier alpha value is -1.06. The molecule has 0 saturated heterocycles. The van der Waals surface area contributed by atoms with Crippen molar-refractivity contribution in [2.45, 2.75) is 38.9 Å². The Morgan fingerprint density at radius 2 is 2.29 bits per heavy atom. The van der Waals surface area contributed by atoms with Crippen molar-refractivity contribution in [2.24, 2.45) is 5.73 Å². The summed E-state index contributed by atoms with van der Waals surface area (Å²) in [7, 11) is 1.71. The normalized spacial score (nSPS) is 21.3. The lowest BCUT2D eigenvalue weighted by Crippen LogP contribution is -2.34. The number of ether oxygens (including phenoxy) is 1. The van der Waals surface area contributed by atoms with Crippen molar-refractivity contribution in [3.05, 3.63) is 29.3 Å². The zero-order chi connectivity index (χ0) is 12.4. The molecule has 0 amide bonds. The van der Waals surface area contributed by atoms with Crippen LogP contribution in [-0.2, 0) is 6.54 Å². The maximum absolute atomic E-state index is 5.94. The van der Waals surface area contributed by atoms with Gasteiger partial charge in [-0.2, -0.15) is 0 Å². The smallest absolute Gasteiger partial charge is 0.119 e. The van der Waals surface area contributed by atoms with E-state index < -0.39 is 0 Å². The summed E-state index contributed by atoms with van der Waals surface area (Å²) in [5.41, 5.74) is 8.67. The molecule has 0 spiro atoms. The quantitative estimate of drug-likeness (QED) is 0.869. The highest BCUT2D eigenvalue weighted by Crippen LogP contribution is 2.37. The molecular formula is C14H22N2O. The summed E-state index contributed by atoms with van der Waals surface area (Å²) in [5, 5.41) is 0. The Morgan fingerprint density at radius 1 is 1.53 bits per heavy atom. The van der Waals surface area contributed by atoms with Crippen molar-refractivity contribution >= 4 is 0 Å². The van der Waals surface area contributed by atoms with Gasteiger partial charge in [-0.05, 0) is 36.6 Å². The first kappa shape index (κ1) is 12.4. The molecule has 0 bridgehead atoms. The predicted molar refractivity (Wildman–Crippen MR) is 70.1 cm³/mol. The summed E-state index contributed by atoms with van der Waals surface area (Å²) in [6.07, 6.45) is 1.15. The summed E-state index contributed by atoms with van der Waals surface area (Å²) >= 11 is 0. The van der Waals surface area contributed by atoms with Crippen LogP contribution in [0.5, 0.6) is 5.75 Å². The number of nitrogens with zero attached hydrogens (tertiary/aromatic N) is 1. The van der Waals surface area contributed by atoms with Gasteiger partial charge in [-0.3, -0.25) is 4.90 Å². The molecule has 2 unspecified atom stereocenters. The third kappa shape index (κ3) is 2.17. The molecule has 0 radical (unpaired) electrons. The molecule has 1 aliphatic heterocycles. The van der Waals surface area contributed by atoms with Gasteiger partial charge in [0.05, 0.1) is 7.11 Å².